The van der Waals surface area contributed by atoms with E-state index in [1.807, 2.05) is 42.5 Å². The molecule has 3 aromatic rings. The lowest BCUT2D eigenvalue weighted by Crippen LogP contribution is -2.50. The Hall–Kier alpha value is -3.43. The minimum absolute atomic E-state index is 0.0229. The van der Waals surface area contributed by atoms with Crippen LogP contribution in [0, 0.1) is 0 Å². The van der Waals surface area contributed by atoms with E-state index >= 15 is 0 Å². The van der Waals surface area contributed by atoms with E-state index in [4.69, 9.17) is 18.6 Å². The minimum atomic E-state index is -2.22. The molecule has 0 saturated heterocycles. The van der Waals surface area contributed by atoms with Gasteiger partial charge < -0.3 is 23.7 Å². The van der Waals surface area contributed by atoms with Crippen molar-refractivity contribution in [2.24, 2.45) is 0 Å². The Morgan fingerprint density at radius 1 is 0.925 bits per heavy atom. The first kappa shape index (κ1) is 31.1. The summed E-state index contributed by atoms with van der Waals surface area (Å²) in [5, 5.41) is 10.5. The molecule has 216 valence electrons. The molecule has 1 aromatic heterocycles. The van der Waals surface area contributed by atoms with Crippen LogP contribution in [0.3, 0.4) is 0 Å². The summed E-state index contributed by atoms with van der Waals surface area (Å²) >= 11 is 0. The lowest BCUT2D eigenvalue weighted by molar-refractivity contribution is -0.150. The predicted octanol–water partition coefficient (Wildman–Crippen LogP) is 6.36. The number of para-hydroxylation sites is 1. The van der Waals surface area contributed by atoms with E-state index in [1.54, 1.807) is 19.4 Å². The topological polar surface area (TPSA) is 100 Å². The molecule has 0 radical (unpaired) electrons. The molecule has 0 amide bonds. The van der Waals surface area contributed by atoms with Crippen LogP contribution in [0.15, 0.2) is 54.7 Å². The van der Waals surface area contributed by atoms with Gasteiger partial charge >= 0.3 is 5.97 Å². The highest BCUT2D eigenvalue weighted by Gasteiger charge is 2.47. The lowest BCUT2D eigenvalue weighted by atomic mass is 10.1. The number of nitrogens with zero attached hydrogens (tertiary/aromatic N) is 2. The summed E-state index contributed by atoms with van der Waals surface area (Å²) in [6.45, 7) is 13.5. The van der Waals surface area contributed by atoms with Gasteiger partial charge in [0.05, 0.1) is 25.5 Å². The van der Waals surface area contributed by atoms with Crippen molar-refractivity contribution >= 4 is 14.3 Å². The van der Waals surface area contributed by atoms with Gasteiger partial charge in [0, 0.05) is 18.2 Å². The fraction of sp³-hybridized carbons (Fsp3) is 0.452. The smallest absolute Gasteiger partial charge is 0.335 e. The Balaban J connectivity index is 1.92. The fourth-order valence-electron chi connectivity index (χ4n) is 5.49. The molecule has 0 bridgehead atoms. The number of carbonyl (C=O) groups excluding carboxylic acids is 1. The van der Waals surface area contributed by atoms with E-state index in [1.165, 1.54) is 7.11 Å². The van der Waals surface area contributed by atoms with Crippen LogP contribution in [-0.2, 0) is 22.6 Å². The average molecular weight is 567 g/mol. The summed E-state index contributed by atoms with van der Waals surface area (Å²) in [4.78, 5) is 21.1. The molecule has 0 saturated carbocycles. The average Bonchev–Trinajstić information content (AvgIpc) is 2.94. The van der Waals surface area contributed by atoms with Crippen LogP contribution in [0.1, 0.15) is 52.8 Å². The number of esters is 1. The third kappa shape index (κ3) is 7.00. The number of aromatic nitrogens is 2. The van der Waals surface area contributed by atoms with Crippen molar-refractivity contribution in [2.45, 2.75) is 77.3 Å². The van der Waals surface area contributed by atoms with E-state index < -0.39 is 20.4 Å². The van der Waals surface area contributed by atoms with Crippen LogP contribution in [0.2, 0.25) is 16.6 Å². The number of carbonyl (C=O) groups is 1. The minimum Gasteiger partial charge on any atom is -0.543 e. The van der Waals surface area contributed by atoms with Gasteiger partial charge in [0.1, 0.15) is 23.9 Å². The molecule has 3 rings (SSSR count). The number of hydrogen-bond donors (Lipinski definition) is 1. The fourth-order valence-corrected chi connectivity index (χ4v) is 10.7. The van der Waals surface area contributed by atoms with E-state index in [0.29, 0.717) is 51.0 Å². The van der Waals surface area contributed by atoms with E-state index in [-0.39, 0.29) is 13.0 Å². The highest BCUT2D eigenvalue weighted by atomic mass is 28.4. The molecule has 0 fully saturated rings. The van der Waals surface area contributed by atoms with Gasteiger partial charge in [0.2, 0.25) is 0 Å². The second-order valence-corrected chi connectivity index (χ2v) is 16.2. The zero-order valence-electron chi connectivity index (χ0n) is 24.8. The first-order chi connectivity index (χ1) is 19.0. The van der Waals surface area contributed by atoms with Crippen LogP contribution in [0.4, 0.5) is 0 Å². The lowest BCUT2D eigenvalue weighted by Gasteiger charge is -2.42. The van der Waals surface area contributed by atoms with Crippen LogP contribution in [0.5, 0.6) is 17.2 Å². The summed E-state index contributed by atoms with van der Waals surface area (Å²) in [5.41, 5.74) is 3.27. The molecule has 0 aliphatic carbocycles. The first-order valence-electron chi connectivity index (χ1n) is 13.7. The zero-order valence-corrected chi connectivity index (χ0v) is 25.8. The Morgan fingerprint density at radius 2 is 1.60 bits per heavy atom. The molecule has 0 aliphatic heterocycles. The number of rotatable bonds is 13. The maximum Gasteiger partial charge on any atom is 0.335 e. The largest absolute Gasteiger partial charge is 0.543 e. The summed E-state index contributed by atoms with van der Waals surface area (Å²) in [7, 11) is 0.648. The number of hydrogen-bond acceptors (Lipinski definition) is 8. The van der Waals surface area contributed by atoms with Gasteiger partial charge in [-0.15, -0.1) is 0 Å². The molecule has 1 heterocycles. The van der Waals surface area contributed by atoms with Crippen LogP contribution >= 0.6 is 0 Å². The molecule has 1 atom stereocenters. The molecule has 1 N–H and O–H groups in total. The molecule has 0 aliphatic rings. The molecule has 2 aromatic carbocycles. The second-order valence-electron chi connectivity index (χ2n) is 10.8. The number of benzene rings is 2. The molecular weight excluding hydrogens is 524 g/mol. The molecule has 0 spiro atoms. The van der Waals surface area contributed by atoms with Crippen molar-refractivity contribution in [1.29, 1.82) is 0 Å². The van der Waals surface area contributed by atoms with Crippen molar-refractivity contribution in [3.05, 3.63) is 66.0 Å². The van der Waals surface area contributed by atoms with Gasteiger partial charge in [-0.3, -0.25) is 0 Å². The second kappa shape index (κ2) is 13.8. The molecule has 1 unspecified atom stereocenters. The van der Waals surface area contributed by atoms with Crippen molar-refractivity contribution in [1.82, 2.24) is 9.97 Å². The SMILES string of the molecule is COC(=O)C(O)Cc1cc(O[Si](C(C)C)(C(C)C)C(C)C)ccc1OCc1ccnc(-c2ccccc2OC)n1. The zero-order chi connectivity index (χ0) is 29.4. The number of aliphatic hydroxyl groups is 1. The molecule has 40 heavy (non-hydrogen) atoms. The Morgan fingerprint density at radius 3 is 2.23 bits per heavy atom. The van der Waals surface area contributed by atoms with Gasteiger partial charge in [0.25, 0.3) is 8.32 Å². The number of aliphatic hydroxyl groups excluding tert-OH is 1. The Kier molecular flexibility index (Phi) is 10.7. The standard InChI is InChI=1S/C31H42N2O6Si/c1-20(2)40(21(3)4,22(5)6)39-25-13-14-28(23(17-25)18-27(34)31(35)37-8)38-19-24-15-16-32-30(33-24)26-11-9-10-12-29(26)36-7/h9-17,20-22,27,34H,18-19H2,1-8H3. The Bertz CT molecular complexity index is 1260. The maximum atomic E-state index is 12.0. The normalized spacial score (nSPS) is 12.5. The highest BCUT2D eigenvalue weighted by molar-refractivity contribution is 6.78. The molecular formula is C31H42N2O6Si. The highest BCUT2D eigenvalue weighted by Crippen LogP contribution is 2.43. The first-order valence-corrected chi connectivity index (χ1v) is 15.8. The van der Waals surface area contributed by atoms with E-state index in [9.17, 15) is 9.90 Å². The van der Waals surface area contributed by atoms with Gasteiger partial charge in [-0.2, -0.15) is 0 Å². The van der Waals surface area contributed by atoms with Crippen molar-refractivity contribution in [3.63, 3.8) is 0 Å². The number of methoxy groups -OCH3 is 2. The van der Waals surface area contributed by atoms with Crippen LogP contribution in [-0.4, -0.2) is 49.7 Å². The monoisotopic (exact) mass is 566 g/mol. The summed E-state index contributed by atoms with van der Waals surface area (Å²) in [6, 6.07) is 14.9. The van der Waals surface area contributed by atoms with Crippen molar-refractivity contribution < 1.29 is 28.5 Å². The van der Waals surface area contributed by atoms with Crippen LogP contribution < -0.4 is 13.9 Å². The maximum absolute atomic E-state index is 12.0. The quantitative estimate of drug-likeness (QED) is 0.188. The van der Waals surface area contributed by atoms with E-state index in [2.05, 4.69) is 51.5 Å². The molecule has 9 heteroatoms. The predicted molar refractivity (Wildman–Crippen MR) is 158 cm³/mol. The van der Waals surface area contributed by atoms with Gasteiger partial charge in [-0.1, -0.05) is 53.7 Å². The summed E-state index contributed by atoms with van der Waals surface area (Å²) < 4.78 is 23.2. The van der Waals surface area contributed by atoms with Crippen molar-refractivity contribution in [3.8, 4) is 28.6 Å². The number of ether oxygens (including phenoxy) is 3. The molecule has 8 nitrogen and oxygen atoms in total. The third-order valence-corrected chi connectivity index (χ3v) is 13.4. The summed E-state index contributed by atoms with van der Waals surface area (Å²) in [5.74, 6) is 1.74. The van der Waals surface area contributed by atoms with Crippen LogP contribution in [0.25, 0.3) is 11.4 Å². The van der Waals surface area contributed by atoms with Gasteiger partial charge in [-0.05, 0) is 53.0 Å². The Labute approximate surface area is 238 Å². The third-order valence-electron chi connectivity index (χ3n) is 7.36. The van der Waals surface area contributed by atoms with Gasteiger partial charge in [-0.25, -0.2) is 14.8 Å². The summed E-state index contributed by atoms with van der Waals surface area (Å²) in [6.07, 6.45) is 0.371. The van der Waals surface area contributed by atoms with Crippen molar-refractivity contribution in [2.75, 3.05) is 14.2 Å². The van der Waals surface area contributed by atoms with Gasteiger partial charge in [0.15, 0.2) is 11.9 Å². The van der Waals surface area contributed by atoms with E-state index in [0.717, 1.165) is 5.56 Å².